The molecular formula is C101H131BF3N8O11Si2. The number of carboxylic acid groups (broad SMARTS) is 1. The Balaban J connectivity index is 0.000000223. The van der Waals surface area contributed by atoms with E-state index in [0.717, 1.165) is 97.1 Å². The van der Waals surface area contributed by atoms with Gasteiger partial charge in [-0.2, -0.15) is 0 Å². The van der Waals surface area contributed by atoms with Crippen LogP contribution in [0.1, 0.15) is 227 Å². The van der Waals surface area contributed by atoms with E-state index in [1.165, 1.54) is 30.0 Å². The smallest absolute Gasteiger partial charge is 0.410 e. The van der Waals surface area contributed by atoms with Gasteiger partial charge in [0.25, 0.3) is 11.8 Å². The number of aliphatic hydroxyl groups is 1. The molecule has 0 bridgehead atoms. The van der Waals surface area contributed by atoms with Crippen molar-refractivity contribution in [3.63, 3.8) is 0 Å². The summed E-state index contributed by atoms with van der Waals surface area (Å²) in [5.74, 6) is -1.49. The minimum absolute atomic E-state index is 0. The van der Waals surface area contributed by atoms with Crippen molar-refractivity contribution in [3.8, 4) is 0 Å². The Hall–Kier alpha value is -10.2. The van der Waals surface area contributed by atoms with E-state index in [2.05, 4.69) is 112 Å². The van der Waals surface area contributed by atoms with Crippen molar-refractivity contribution >= 4 is 55.0 Å². The quantitative estimate of drug-likeness (QED) is 0.0452. The summed E-state index contributed by atoms with van der Waals surface area (Å²) in [6.07, 6.45) is 15.2. The predicted molar refractivity (Wildman–Crippen MR) is 497 cm³/mol. The first kappa shape index (κ1) is 101. The van der Waals surface area contributed by atoms with Gasteiger partial charge in [-0.3, -0.25) is 34.3 Å². The Morgan fingerprint density at radius 1 is 0.460 bits per heavy atom. The third-order valence-corrected chi connectivity index (χ3v) is 33.1. The first-order valence-electron chi connectivity index (χ1n) is 43.5. The highest BCUT2D eigenvalue weighted by molar-refractivity contribution is 6.74. The molecule has 0 unspecified atom stereocenters. The number of hydrogen-bond acceptors (Lipinski definition) is 14. The summed E-state index contributed by atoms with van der Waals surface area (Å²) in [6, 6.07) is 56.3. The van der Waals surface area contributed by atoms with Crippen LogP contribution in [0, 0.1) is 29.3 Å². The maximum atomic E-state index is 13.9. The number of halogens is 3. The highest BCUT2D eigenvalue weighted by Crippen LogP contribution is 2.48. The van der Waals surface area contributed by atoms with E-state index in [9.17, 15) is 47.4 Å². The average molecular weight is 1760 g/mol. The van der Waals surface area contributed by atoms with Crippen LogP contribution in [0.3, 0.4) is 0 Å². The van der Waals surface area contributed by atoms with Crippen LogP contribution < -0.4 is 5.32 Å². The monoisotopic (exact) mass is 1760 g/mol. The number of pyridine rings is 3. The topological polar surface area (TPSA) is 226 Å². The zero-order valence-electron chi connectivity index (χ0n) is 77.1. The van der Waals surface area contributed by atoms with E-state index in [1.807, 2.05) is 186 Å². The fraction of sp³-hybridized carbons (Fsp3) is 0.446. The average Bonchev–Trinajstić information content (AvgIpc) is 1.62. The van der Waals surface area contributed by atoms with Crippen LogP contribution in [-0.2, 0) is 57.2 Å². The number of likely N-dealkylation sites (tertiary alicyclic amines) is 2. The third-order valence-electron chi connectivity index (χ3n) is 24.1. The predicted octanol–water partition coefficient (Wildman–Crippen LogP) is 21.8. The number of aromatic nitrogens is 3. The van der Waals surface area contributed by atoms with Crippen molar-refractivity contribution in [2.75, 3.05) is 21.1 Å². The maximum absolute atomic E-state index is 13.9. The number of aliphatic hydroxyl groups excluding tert-OH is 1. The molecule has 3 aliphatic rings. The van der Waals surface area contributed by atoms with Gasteiger partial charge in [0.15, 0.2) is 16.6 Å². The molecule has 673 valence electrons. The van der Waals surface area contributed by atoms with Crippen molar-refractivity contribution in [2.24, 2.45) is 11.8 Å². The fourth-order valence-electron chi connectivity index (χ4n) is 15.7. The number of benzene rings is 6. The molecule has 3 fully saturated rings. The Labute approximate surface area is 749 Å². The number of ether oxygens (including phenoxy) is 2. The lowest BCUT2D eigenvalue weighted by Crippen LogP contribution is -2.50. The SMILES string of the molecule is CC(C)(C)OC(=O)N1[C@H](Cc2ccc(C(=O)O)cc2)CC[C@@H]1[C@H](O[Si](C)(C)C(C)(C)C)c1ccccc1.CN(Cc1cncc(F)c1)C(=O)c1ccc(C[C@@H]2CC[C@H]([C@H](O)c3ccccc3)C2)cc1.CN(Cc1cncc(F)c1)C(=O)c1ccc(C[C@@H]2CC[C@H]([C@H](O[Si](C)(C)C(C)(C)C)c3ccccc3)N2C(=O)OC(C)(C)C)cc1.CNCc1cncc(F)c1.[B]. The molecule has 0 spiro atoms. The molecule has 1 saturated carbocycles. The molecule has 2 aliphatic heterocycles. The molecule has 12 rings (SSSR count). The number of nitrogens with zero attached hydrogens (tertiary/aromatic N) is 7. The molecule has 3 radical (unpaired) electrons. The number of carbonyl (C=O) groups excluding carboxylic acids is 4. The fourth-order valence-corrected chi connectivity index (χ4v) is 18.3. The second-order valence-corrected chi connectivity index (χ2v) is 48.0. The van der Waals surface area contributed by atoms with Crippen LogP contribution >= 0.6 is 0 Å². The molecule has 19 nitrogen and oxygen atoms in total. The van der Waals surface area contributed by atoms with Crippen LogP contribution in [0.5, 0.6) is 0 Å². The van der Waals surface area contributed by atoms with Gasteiger partial charge >= 0.3 is 18.2 Å². The number of aromatic carboxylic acids is 1. The standard InChI is InChI=1S/C37H50FN3O4Si.C30H43NO5Si.C27H29FN2O2.C7H9FN2.B/c1-36(2,3)44-35(43)41-31(19-20-32(41)33(28-13-11-10-12-14-28)45-46(8,9)37(4,5)6)22-26-15-17-29(18-16-26)34(42)40(7)25-27-21-30(38)24-39-23-27;1-29(2,3)35-28(34)31-24(20-21-14-16-23(17-15-21)27(32)33)18-19-25(31)26(22-12-10-9-11-13-22)36-37(7,8)30(4,5)6;1-30(18-21-15-25(28)17-29-16-21)27(32)23-10-7-19(8-11-23)13-20-9-12-24(14-20)26(31)22-5-3-2-4-6-22;1-9-3-6-2-7(8)5-10-4-6;/h10-18,21,23-24,31-33H,19-20,22,25H2,1-9H3;9-17,24-26H,18-20H2,1-8H3,(H,32,33);2-8,10-11,15-17,20,24,26,31H,9,12-14,18H2,1H3;2,4-5,9H,3H2,1H3;/t31-,32+,33+;24-,25+,26+;20-,24-,26+;;/m000../s1. The molecule has 5 heterocycles. The van der Waals surface area contributed by atoms with Gasteiger partial charge in [0.2, 0.25) is 0 Å². The van der Waals surface area contributed by atoms with E-state index in [4.69, 9.17) is 18.3 Å². The summed E-state index contributed by atoms with van der Waals surface area (Å²) in [4.78, 5) is 83.1. The summed E-state index contributed by atoms with van der Waals surface area (Å²) in [5, 5.41) is 22.9. The van der Waals surface area contributed by atoms with Crippen molar-refractivity contribution in [1.29, 1.82) is 0 Å². The first-order valence-corrected chi connectivity index (χ1v) is 49.3. The molecule has 25 heteroatoms. The first-order chi connectivity index (χ1) is 58.9. The van der Waals surface area contributed by atoms with Crippen molar-refractivity contribution in [1.82, 2.24) is 39.9 Å². The molecule has 3 N–H and O–H groups in total. The van der Waals surface area contributed by atoms with Crippen LogP contribution in [0.15, 0.2) is 219 Å². The highest BCUT2D eigenvalue weighted by atomic mass is 28.4. The van der Waals surface area contributed by atoms with E-state index < -0.39 is 51.5 Å². The van der Waals surface area contributed by atoms with Gasteiger partial charge in [-0.15, -0.1) is 0 Å². The summed E-state index contributed by atoms with van der Waals surface area (Å²) >= 11 is 0. The second kappa shape index (κ2) is 45.0. The highest BCUT2D eigenvalue weighted by Gasteiger charge is 2.50. The van der Waals surface area contributed by atoms with Crippen LogP contribution in [0.2, 0.25) is 36.3 Å². The van der Waals surface area contributed by atoms with Crippen LogP contribution in [-0.4, -0.2) is 156 Å². The molecule has 9 aromatic rings. The number of carboxylic acids is 1. The van der Waals surface area contributed by atoms with Gasteiger partial charge in [0, 0.05) is 83.9 Å². The molecule has 3 aromatic heterocycles. The molecule has 126 heavy (non-hydrogen) atoms. The molecular weight excluding hydrogens is 1630 g/mol. The zero-order chi connectivity index (χ0) is 91.4. The molecule has 6 aromatic carbocycles. The van der Waals surface area contributed by atoms with Gasteiger partial charge in [0.05, 0.1) is 54.5 Å². The lowest BCUT2D eigenvalue weighted by atomic mass is 9.91. The lowest BCUT2D eigenvalue weighted by molar-refractivity contribution is -0.00310. The number of carbonyl (C=O) groups is 5. The third kappa shape index (κ3) is 29.5. The normalized spacial score (nSPS) is 17.9. The summed E-state index contributed by atoms with van der Waals surface area (Å²) in [6.45, 7) is 34.9. The second-order valence-electron chi connectivity index (χ2n) is 38.5. The largest absolute Gasteiger partial charge is 0.478 e. The van der Waals surface area contributed by atoms with Gasteiger partial charge < -0.3 is 43.7 Å². The zero-order valence-corrected chi connectivity index (χ0v) is 79.1. The summed E-state index contributed by atoms with van der Waals surface area (Å²) < 4.78 is 65.4. The molecule has 1 aliphatic carbocycles. The van der Waals surface area contributed by atoms with Crippen molar-refractivity contribution < 1.29 is 65.7 Å². The summed E-state index contributed by atoms with van der Waals surface area (Å²) in [7, 11) is 0.811. The van der Waals surface area contributed by atoms with Crippen LogP contribution in [0.25, 0.3) is 0 Å². The molecule has 4 amide bonds. The van der Waals surface area contributed by atoms with Gasteiger partial charge in [0.1, 0.15) is 28.7 Å². The number of amides is 4. The molecule has 2 saturated heterocycles. The van der Waals surface area contributed by atoms with Crippen molar-refractivity contribution in [3.05, 3.63) is 303 Å². The number of rotatable bonds is 25. The van der Waals surface area contributed by atoms with E-state index >= 15 is 0 Å². The minimum atomic E-state index is -2.22. The van der Waals surface area contributed by atoms with Gasteiger partial charge in [-0.25, -0.2) is 27.6 Å². The maximum Gasteiger partial charge on any atom is 0.410 e. The Morgan fingerprint density at radius 3 is 1.14 bits per heavy atom. The van der Waals surface area contributed by atoms with Crippen molar-refractivity contribution in [2.45, 2.75) is 257 Å². The number of hydrogen-bond donors (Lipinski definition) is 3. The minimum Gasteiger partial charge on any atom is -0.478 e. The Morgan fingerprint density at radius 2 is 0.802 bits per heavy atom. The summed E-state index contributed by atoms with van der Waals surface area (Å²) in [5.41, 5.74) is 8.63. The van der Waals surface area contributed by atoms with E-state index in [-0.39, 0.29) is 96.8 Å². The number of nitrogens with one attached hydrogen (secondary N) is 1. The Kier molecular flexibility index (Phi) is 36.2. The van der Waals surface area contributed by atoms with Gasteiger partial charge in [-0.05, 0) is 266 Å². The Bertz CT molecular complexity index is 4960. The lowest BCUT2D eigenvalue weighted by Gasteiger charge is -2.43. The van der Waals surface area contributed by atoms with Crippen LogP contribution in [0.4, 0.5) is 22.8 Å². The van der Waals surface area contributed by atoms with E-state index in [0.29, 0.717) is 60.0 Å². The van der Waals surface area contributed by atoms with E-state index in [1.54, 1.807) is 54.6 Å². The molecule has 9 atom stereocenters. The van der Waals surface area contributed by atoms with Gasteiger partial charge in [-0.1, -0.05) is 169 Å².